The number of para-hydroxylation sites is 1. The maximum absolute atomic E-state index is 12.3. The highest BCUT2D eigenvalue weighted by Crippen LogP contribution is 2.39. The molecule has 4 rings (SSSR count). The van der Waals surface area contributed by atoms with Crippen LogP contribution in [0.15, 0.2) is 42.5 Å². The van der Waals surface area contributed by atoms with Crippen LogP contribution in [0.25, 0.3) is 17.0 Å². The van der Waals surface area contributed by atoms with E-state index in [0.29, 0.717) is 22.2 Å². The van der Waals surface area contributed by atoms with Crippen molar-refractivity contribution in [2.45, 2.75) is 26.2 Å². The number of ether oxygens (including phenoxy) is 1. The summed E-state index contributed by atoms with van der Waals surface area (Å²) in [7, 11) is 0. The number of rotatable bonds is 6. The molecule has 1 unspecified atom stereocenters. The number of esters is 1. The number of benzene rings is 1. The Labute approximate surface area is 189 Å². The molecule has 0 aliphatic heterocycles. The number of hydrogen-bond donors (Lipinski definition) is 2. The highest BCUT2D eigenvalue weighted by molar-refractivity contribution is 7.17. The number of thiophene rings is 1. The van der Waals surface area contributed by atoms with Crippen LogP contribution in [0.4, 0.5) is 5.00 Å². The van der Waals surface area contributed by atoms with Gasteiger partial charge in [0.1, 0.15) is 5.00 Å². The van der Waals surface area contributed by atoms with Gasteiger partial charge in [-0.2, -0.15) is 0 Å². The standard InChI is InChI=1S/C24H23N3O4S/c1-14-6-10-17-19(12-14)32-24(22(17)23(25)30)27-20(28)13-31-21(29)11-9-16-8-7-15-4-2-3-5-18(15)26-16/h2-5,7-9,11,14H,6,10,12-13H2,1H3,(H2,25,30)(H,27,28)/b11-9+. The van der Waals surface area contributed by atoms with Crippen molar-refractivity contribution in [2.24, 2.45) is 11.7 Å². The summed E-state index contributed by atoms with van der Waals surface area (Å²) in [5, 5.41) is 4.11. The molecule has 0 spiro atoms. The van der Waals surface area contributed by atoms with Crippen molar-refractivity contribution >= 4 is 51.1 Å². The minimum Gasteiger partial charge on any atom is -0.452 e. The van der Waals surface area contributed by atoms with Gasteiger partial charge in [0.2, 0.25) is 0 Å². The number of anilines is 1. The number of nitrogens with two attached hydrogens (primary N) is 1. The number of nitrogens with one attached hydrogen (secondary N) is 1. The van der Waals surface area contributed by atoms with Gasteiger partial charge in [-0.1, -0.05) is 31.2 Å². The van der Waals surface area contributed by atoms with Crippen molar-refractivity contribution in [2.75, 3.05) is 11.9 Å². The van der Waals surface area contributed by atoms with E-state index in [1.165, 1.54) is 23.5 Å². The van der Waals surface area contributed by atoms with Gasteiger partial charge in [-0.3, -0.25) is 9.59 Å². The van der Waals surface area contributed by atoms with Gasteiger partial charge < -0.3 is 15.8 Å². The van der Waals surface area contributed by atoms with Gasteiger partial charge in [0.25, 0.3) is 11.8 Å². The van der Waals surface area contributed by atoms with E-state index in [1.54, 1.807) is 6.07 Å². The summed E-state index contributed by atoms with van der Waals surface area (Å²) in [4.78, 5) is 41.8. The third-order valence-corrected chi connectivity index (χ3v) is 6.54. The summed E-state index contributed by atoms with van der Waals surface area (Å²) in [5.74, 6) is -1.22. The van der Waals surface area contributed by atoms with Gasteiger partial charge in [0.05, 0.1) is 16.8 Å². The predicted molar refractivity (Wildman–Crippen MR) is 124 cm³/mol. The topological polar surface area (TPSA) is 111 Å². The Morgan fingerprint density at radius 3 is 2.88 bits per heavy atom. The monoisotopic (exact) mass is 449 g/mol. The molecule has 2 amide bonds. The van der Waals surface area contributed by atoms with E-state index in [9.17, 15) is 14.4 Å². The number of fused-ring (bicyclic) bond motifs is 2. The molecule has 3 N–H and O–H groups in total. The third kappa shape index (κ3) is 4.86. The molecular formula is C24H23N3O4S. The highest BCUT2D eigenvalue weighted by atomic mass is 32.1. The summed E-state index contributed by atoms with van der Waals surface area (Å²) in [6.45, 7) is 1.69. The van der Waals surface area contributed by atoms with Crippen molar-refractivity contribution in [3.05, 3.63) is 64.2 Å². The molecule has 8 heteroatoms. The molecule has 0 fully saturated rings. The van der Waals surface area contributed by atoms with Crippen LogP contribution in [0.3, 0.4) is 0 Å². The summed E-state index contributed by atoms with van der Waals surface area (Å²) in [6.07, 6.45) is 5.37. The van der Waals surface area contributed by atoms with Crippen LogP contribution < -0.4 is 11.1 Å². The van der Waals surface area contributed by atoms with Crippen LogP contribution in [-0.4, -0.2) is 29.4 Å². The molecule has 1 aliphatic carbocycles. The second-order valence-corrected chi connectivity index (χ2v) is 8.94. The number of hydrogen-bond acceptors (Lipinski definition) is 6. The maximum Gasteiger partial charge on any atom is 0.331 e. The van der Waals surface area contributed by atoms with Crippen LogP contribution in [0.1, 0.15) is 39.8 Å². The molecule has 32 heavy (non-hydrogen) atoms. The molecule has 0 saturated carbocycles. The van der Waals surface area contributed by atoms with Crippen LogP contribution in [0.2, 0.25) is 0 Å². The smallest absolute Gasteiger partial charge is 0.331 e. The predicted octanol–water partition coefficient (Wildman–Crippen LogP) is 3.72. The lowest BCUT2D eigenvalue weighted by atomic mass is 9.88. The first-order valence-corrected chi connectivity index (χ1v) is 11.2. The summed E-state index contributed by atoms with van der Waals surface area (Å²) in [5.41, 5.74) is 8.29. The number of carbonyl (C=O) groups excluding carboxylic acids is 3. The molecule has 164 valence electrons. The second-order valence-electron chi connectivity index (χ2n) is 7.84. The first-order valence-electron chi connectivity index (χ1n) is 10.4. The Balaban J connectivity index is 1.36. The molecule has 2 aromatic heterocycles. The molecule has 1 aromatic carbocycles. The van der Waals surface area contributed by atoms with E-state index in [2.05, 4.69) is 17.2 Å². The molecule has 0 saturated heterocycles. The Morgan fingerprint density at radius 1 is 1.25 bits per heavy atom. The second kappa shape index (κ2) is 9.32. The highest BCUT2D eigenvalue weighted by Gasteiger charge is 2.27. The number of amides is 2. The number of pyridine rings is 1. The Bertz CT molecular complexity index is 1230. The molecule has 1 atom stereocenters. The minimum absolute atomic E-state index is 0.374. The Hall–Kier alpha value is -3.52. The first kappa shape index (κ1) is 21.7. The zero-order chi connectivity index (χ0) is 22.7. The van der Waals surface area contributed by atoms with Gasteiger partial charge >= 0.3 is 5.97 Å². The van der Waals surface area contributed by atoms with Gasteiger partial charge in [-0.25, -0.2) is 9.78 Å². The molecule has 0 bridgehead atoms. The molecule has 1 aliphatic rings. The van der Waals surface area contributed by atoms with E-state index in [-0.39, 0.29) is 0 Å². The molecule has 7 nitrogen and oxygen atoms in total. The van der Waals surface area contributed by atoms with Gasteiger partial charge in [0, 0.05) is 16.3 Å². The minimum atomic E-state index is -0.662. The van der Waals surface area contributed by atoms with Crippen molar-refractivity contribution in [1.29, 1.82) is 0 Å². The van der Waals surface area contributed by atoms with Crippen LogP contribution in [0, 0.1) is 5.92 Å². The summed E-state index contributed by atoms with van der Waals surface area (Å²) in [6, 6.07) is 11.4. The van der Waals surface area contributed by atoms with Crippen LogP contribution in [-0.2, 0) is 27.2 Å². The van der Waals surface area contributed by atoms with E-state index >= 15 is 0 Å². The normalized spacial score (nSPS) is 15.5. The summed E-state index contributed by atoms with van der Waals surface area (Å²) < 4.78 is 5.03. The van der Waals surface area contributed by atoms with E-state index < -0.39 is 24.4 Å². The average molecular weight is 450 g/mol. The van der Waals surface area contributed by atoms with Gasteiger partial charge in [0.15, 0.2) is 6.61 Å². The third-order valence-electron chi connectivity index (χ3n) is 5.37. The van der Waals surface area contributed by atoms with Crippen LogP contribution >= 0.6 is 11.3 Å². The fraction of sp³-hybridized carbons (Fsp3) is 0.250. The first-order chi connectivity index (χ1) is 15.4. The average Bonchev–Trinajstić information content (AvgIpc) is 3.13. The largest absolute Gasteiger partial charge is 0.452 e. The molecule has 0 radical (unpaired) electrons. The number of aromatic nitrogens is 1. The zero-order valence-corrected chi connectivity index (χ0v) is 18.4. The fourth-order valence-corrected chi connectivity index (χ4v) is 5.21. The van der Waals surface area contributed by atoms with Crippen molar-refractivity contribution in [1.82, 2.24) is 4.98 Å². The van der Waals surface area contributed by atoms with Crippen molar-refractivity contribution < 1.29 is 19.1 Å². The quantitative estimate of drug-likeness (QED) is 0.440. The lowest BCUT2D eigenvalue weighted by Gasteiger charge is -2.18. The number of primary amides is 1. The lowest BCUT2D eigenvalue weighted by Crippen LogP contribution is -2.22. The lowest BCUT2D eigenvalue weighted by molar-refractivity contribution is -0.142. The van der Waals surface area contributed by atoms with Gasteiger partial charge in [-0.05, 0) is 49.0 Å². The van der Waals surface area contributed by atoms with E-state index in [0.717, 1.165) is 40.6 Å². The van der Waals surface area contributed by atoms with Gasteiger partial charge in [-0.15, -0.1) is 11.3 Å². The summed E-state index contributed by atoms with van der Waals surface area (Å²) >= 11 is 1.37. The van der Waals surface area contributed by atoms with Crippen LogP contribution in [0.5, 0.6) is 0 Å². The zero-order valence-electron chi connectivity index (χ0n) is 17.6. The van der Waals surface area contributed by atoms with E-state index in [4.69, 9.17) is 10.5 Å². The number of carbonyl (C=O) groups is 3. The SMILES string of the molecule is CC1CCc2c(sc(NC(=O)COC(=O)/C=C/c3ccc4ccccc4n3)c2C(N)=O)C1. The Morgan fingerprint density at radius 2 is 2.06 bits per heavy atom. The Kier molecular flexibility index (Phi) is 6.32. The maximum atomic E-state index is 12.3. The molecule has 2 heterocycles. The molecule has 3 aromatic rings. The van der Waals surface area contributed by atoms with E-state index in [1.807, 2.05) is 30.3 Å². The fourth-order valence-electron chi connectivity index (χ4n) is 3.78. The van der Waals surface area contributed by atoms with Crippen molar-refractivity contribution in [3.63, 3.8) is 0 Å². The molecular weight excluding hydrogens is 426 g/mol. The van der Waals surface area contributed by atoms with Crippen molar-refractivity contribution in [3.8, 4) is 0 Å². The number of nitrogens with zero attached hydrogens (tertiary/aromatic N) is 1.